The van der Waals surface area contributed by atoms with Gasteiger partial charge in [0.2, 0.25) is 0 Å². The molecule has 0 saturated carbocycles. The predicted molar refractivity (Wildman–Crippen MR) is 168 cm³/mol. The molecule has 1 aliphatic rings. The number of fused-ring (bicyclic) bond motifs is 1. The fraction of sp³-hybridized carbons (Fsp3) is 0.125. The zero-order chi connectivity index (χ0) is 31.0. The first kappa shape index (κ1) is 29.0. The molecule has 220 valence electrons. The largest absolute Gasteiger partial charge is 0.463 e. The molecular formula is C32H24ClN5O5S. The zero-order valence-corrected chi connectivity index (χ0v) is 25.1. The summed E-state index contributed by atoms with van der Waals surface area (Å²) in [5, 5.41) is 17.0. The number of para-hydroxylation sites is 1. The van der Waals surface area contributed by atoms with Crippen molar-refractivity contribution in [3.63, 3.8) is 0 Å². The summed E-state index contributed by atoms with van der Waals surface area (Å²) in [6, 6.07) is 21.8. The van der Waals surface area contributed by atoms with Crippen LogP contribution in [0, 0.1) is 10.1 Å². The van der Waals surface area contributed by atoms with Crippen molar-refractivity contribution < 1.29 is 14.5 Å². The number of halogens is 1. The molecule has 2 aromatic heterocycles. The van der Waals surface area contributed by atoms with E-state index in [1.807, 2.05) is 48.7 Å². The van der Waals surface area contributed by atoms with E-state index < -0.39 is 22.5 Å². The zero-order valence-electron chi connectivity index (χ0n) is 23.5. The maximum atomic E-state index is 14.2. The van der Waals surface area contributed by atoms with Gasteiger partial charge in [-0.2, -0.15) is 5.10 Å². The van der Waals surface area contributed by atoms with E-state index >= 15 is 0 Å². The second kappa shape index (κ2) is 11.9. The summed E-state index contributed by atoms with van der Waals surface area (Å²) >= 11 is 7.30. The number of carbonyl (C=O) groups is 1. The maximum Gasteiger partial charge on any atom is 0.338 e. The highest BCUT2D eigenvalue weighted by atomic mass is 35.5. The summed E-state index contributed by atoms with van der Waals surface area (Å²) in [4.78, 5) is 43.4. The second-order valence-electron chi connectivity index (χ2n) is 9.87. The maximum absolute atomic E-state index is 14.2. The Hall–Kier alpha value is -5.13. The van der Waals surface area contributed by atoms with Crippen molar-refractivity contribution in [2.45, 2.75) is 19.9 Å². The van der Waals surface area contributed by atoms with E-state index in [4.69, 9.17) is 21.4 Å². The molecule has 0 N–H and O–H groups in total. The van der Waals surface area contributed by atoms with Crippen LogP contribution in [0.3, 0.4) is 0 Å². The van der Waals surface area contributed by atoms with Gasteiger partial charge >= 0.3 is 5.97 Å². The molecule has 6 rings (SSSR count). The first-order valence-corrected chi connectivity index (χ1v) is 14.8. The Kier molecular flexibility index (Phi) is 7.81. The van der Waals surface area contributed by atoms with Crippen molar-refractivity contribution in [3.05, 3.63) is 142 Å². The van der Waals surface area contributed by atoms with Gasteiger partial charge in [0.1, 0.15) is 5.69 Å². The molecular weight excluding hydrogens is 602 g/mol. The van der Waals surface area contributed by atoms with E-state index in [1.165, 1.54) is 22.8 Å². The van der Waals surface area contributed by atoms with E-state index in [2.05, 4.69) is 4.99 Å². The highest BCUT2D eigenvalue weighted by molar-refractivity contribution is 7.07. The van der Waals surface area contributed by atoms with Gasteiger partial charge in [0.05, 0.1) is 39.1 Å². The number of thiazole rings is 1. The van der Waals surface area contributed by atoms with E-state index in [0.29, 0.717) is 36.9 Å². The fourth-order valence-corrected chi connectivity index (χ4v) is 6.26. The monoisotopic (exact) mass is 625 g/mol. The molecule has 0 unspecified atom stereocenters. The van der Waals surface area contributed by atoms with Gasteiger partial charge in [0, 0.05) is 34.5 Å². The summed E-state index contributed by atoms with van der Waals surface area (Å²) < 4.78 is 8.81. The molecule has 0 saturated heterocycles. The Balaban J connectivity index is 1.57. The average molecular weight is 626 g/mol. The van der Waals surface area contributed by atoms with E-state index in [9.17, 15) is 19.7 Å². The van der Waals surface area contributed by atoms with Gasteiger partial charge < -0.3 is 4.74 Å². The summed E-state index contributed by atoms with van der Waals surface area (Å²) in [6.45, 7) is 3.45. The smallest absolute Gasteiger partial charge is 0.338 e. The van der Waals surface area contributed by atoms with Crippen molar-refractivity contribution in [1.82, 2.24) is 14.3 Å². The molecule has 0 radical (unpaired) electrons. The highest BCUT2D eigenvalue weighted by Gasteiger charge is 2.34. The average Bonchev–Trinajstić information content (AvgIpc) is 3.58. The van der Waals surface area contributed by atoms with Crippen LogP contribution in [0.1, 0.15) is 31.0 Å². The Morgan fingerprint density at radius 1 is 1.11 bits per heavy atom. The third-order valence-electron chi connectivity index (χ3n) is 7.08. The minimum Gasteiger partial charge on any atom is -0.463 e. The van der Waals surface area contributed by atoms with E-state index in [-0.39, 0.29) is 17.9 Å². The number of nitro benzene ring substituents is 1. The lowest BCUT2D eigenvalue weighted by molar-refractivity contribution is -0.384. The molecule has 0 aliphatic carbocycles. The molecule has 0 bridgehead atoms. The Labute approximate surface area is 259 Å². The number of nitrogens with zero attached hydrogens (tertiary/aromatic N) is 5. The minimum atomic E-state index is -0.977. The van der Waals surface area contributed by atoms with Crippen molar-refractivity contribution in [2.24, 2.45) is 4.99 Å². The number of esters is 1. The van der Waals surface area contributed by atoms with Crippen molar-refractivity contribution in [3.8, 4) is 16.9 Å². The van der Waals surface area contributed by atoms with Crippen molar-refractivity contribution >= 4 is 40.7 Å². The van der Waals surface area contributed by atoms with Gasteiger partial charge in [-0.3, -0.25) is 19.5 Å². The summed E-state index contributed by atoms with van der Waals surface area (Å²) in [5.74, 6) is -0.645. The third kappa shape index (κ3) is 5.38. The van der Waals surface area contributed by atoms with Crippen LogP contribution >= 0.6 is 22.9 Å². The lowest BCUT2D eigenvalue weighted by Crippen LogP contribution is -2.40. The number of carbonyl (C=O) groups excluding carboxylic acids is 1. The fourth-order valence-electron chi connectivity index (χ4n) is 5.09. The summed E-state index contributed by atoms with van der Waals surface area (Å²) in [7, 11) is 0. The number of rotatable bonds is 7. The molecule has 0 amide bonds. The van der Waals surface area contributed by atoms with Crippen molar-refractivity contribution in [1.29, 1.82) is 0 Å². The second-order valence-corrected chi connectivity index (χ2v) is 11.3. The van der Waals surface area contributed by atoms with Gasteiger partial charge in [0.15, 0.2) is 4.80 Å². The quantitative estimate of drug-likeness (QED) is 0.139. The molecule has 0 spiro atoms. The molecule has 44 heavy (non-hydrogen) atoms. The number of non-ortho nitro benzene ring substituents is 1. The Bertz CT molecular complexity index is 2130. The normalized spacial score (nSPS) is 14.7. The number of hydrogen-bond acceptors (Lipinski definition) is 8. The van der Waals surface area contributed by atoms with Crippen LogP contribution in [0.4, 0.5) is 5.69 Å². The first-order chi connectivity index (χ1) is 21.2. The molecule has 12 heteroatoms. The topological polar surface area (TPSA) is 122 Å². The third-order valence-corrected chi connectivity index (χ3v) is 8.32. The van der Waals surface area contributed by atoms with E-state index in [0.717, 1.165) is 22.6 Å². The minimum absolute atomic E-state index is 0.112. The summed E-state index contributed by atoms with van der Waals surface area (Å²) in [5.41, 5.74) is 3.28. The Morgan fingerprint density at radius 2 is 1.86 bits per heavy atom. The first-order valence-electron chi connectivity index (χ1n) is 13.6. The SMILES string of the molecule is CCOC(=O)C1=C(C)N=c2sc(=Cc3cn(-c4ccccc4)nc3-c3ccc(Cl)cc3)c(=O)n2[C@@H]1c1cccc([N+](=O)[O-])c1. The lowest BCUT2D eigenvalue weighted by Gasteiger charge is -2.24. The molecule has 3 aromatic carbocycles. The summed E-state index contributed by atoms with van der Waals surface area (Å²) in [6.07, 6.45) is 3.58. The molecule has 0 fully saturated rings. The predicted octanol–water partition coefficient (Wildman–Crippen LogP) is 5.21. The van der Waals surface area contributed by atoms with Crippen LogP contribution < -0.4 is 14.9 Å². The van der Waals surface area contributed by atoms with Gasteiger partial charge in [-0.15, -0.1) is 0 Å². The van der Waals surface area contributed by atoms with Crippen LogP contribution in [0.5, 0.6) is 0 Å². The molecule has 1 atom stereocenters. The molecule has 3 heterocycles. The van der Waals surface area contributed by atoms with Gasteiger partial charge in [-0.1, -0.05) is 65.4 Å². The van der Waals surface area contributed by atoms with E-state index in [1.54, 1.807) is 42.8 Å². The number of ether oxygens (including phenoxy) is 1. The highest BCUT2D eigenvalue weighted by Crippen LogP contribution is 2.32. The Morgan fingerprint density at radius 3 is 2.57 bits per heavy atom. The number of allylic oxidation sites excluding steroid dienone is 1. The van der Waals surface area contributed by atoms with Gasteiger partial charge in [-0.25, -0.2) is 14.5 Å². The molecule has 5 aromatic rings. The van der Waals surface area contributed by atoms with Gasteiger partial charge in [-0.05, 0) is 49.8 Å². The number of hydrogen-bond donors (Lipinski definition) is 0. The van der Waals surface area contributed by atoms with Gasteiger partial charge in [0.25, 0.3) is 11.2 Å². The molecule has 10 nitrogen and oxygen atoms in total. The van der Waals surface area contributed by atoms with Crippen LogP contribution in [0.2, 0.25) is 5.02 Å². The van der Waals surface area contributed by atoms with Crippen molar-refractivity contribution in [2.75, 3.05) is 6.61 Å². The molecule has 1 aliphatic heterocycles. The standard InChI is InChI=1S/C32H24ClN5O5S/c1-3-43-31(40)27-19(2)34-32-37(29(27)21-8-7-11-25(16-21)38(41)42)30(39)26(44-32)17-22-18-36(24-9-5-4-6-10-24)35-28(22)20-12-14-23(33)15-13-20/h4-18,29H,3H2,1-2H3/t29-/m1/s1. The number of benzene rings is 3. The lowest BCUT2D eigenvalue weighted by atomic mass is 9.95. The number of nitro groups is 1. The van der Waals surface area contributed by atoms with Crippen LogP contribution in [0.25, 0.3) is 23.0 Å². The van der Waals surface area contributed by atoms with Crippen LogP contribution in [-0.2, 0) is 9.53 Å². The number of aromatic nitrogens is 3. The van der Waals surface area contributed by atoms with Crippen LogP contribution in [0.15, 0.2) is 106 Å². The van der Waals surface area contributed by atoms with Crippen LogP contribution in [-0.4, -0.2) is 31.8 Å².